The number of hydrogen-bond acceptors (Lipinski definition) is 6. The van der Waals surface area contributed by atoms with Crippen molar-refractivity contribution in [2.24, 2.45) is 0 Å². The number of piperazine rings is 1. The second kappa shape index (κ2) is 9.88. The van der Waals surface area contributed by atoms with Crippen LogP contribution in [0.1, 0.15) is 23.7 Å². The van der Waals surface area contributed by atoms with Crippen molar-refractivity contribution in [3.05, 3.63) is 57.7 Å². The van der Waals surface area contributed by atoms with E-state index in [4.69, 9.17) is 12.2 Å². The first-order valence-corrected chi connectivity index (χ1v) is 12.6. The maximum absolute atomic E-state index is 12.9. The predicted octanol–water partition coefficient (Wildman–Crippen LogP) is 3.97. The molecule has 2 fully saturated rings. The summed E-state index contributed by atoms with van der Waals surface area (Å²) < 4.78 is 1.71. The Bertz CT molecular complexity index is 1050. The SMILES string of the molecule is CC(=O)c1ccc(N2CCN(C(=S)S[C@H]3CC(=O)N(c4ccc(I)cc4)C3=O)CC2)cc1. The smallest absolute Gasteiger partial charge is 0.247 e. The monoisotopic (exact) mass is 579 g/mol. The van der Waals surface area contributed by atoms with Crippen LogP contribution < -0.4 is 9.80 Å². The Hall–Kier alpha value is -1.98. The minimum Gasteiger partial charge on any atom is -0.368 e. The summed E-state index contributed by atoms with van der Waals surface area (Å²) in [6.07, 6.45) is 0.165. The number of thiocarbonyl (C=S) groups is 1. The van der Waals surface area contributed by atoms with Gasteiger partial charge in [0.15, 0.2) is 5.78 Å². The lowest BCUT2D eigenvalue weighted by molar-refractivity contribution is -0.121. The van der Waals surface area contributed by atoms with Gasteiger partial charge in [-0.1, -0.05) is 24.0 Å². The summed E-state index contributed by atoms with van der Waals surface area (Å²) in [5.74, 6) is -0.327. The molecular formula is C23H22IN3O3S2. The van der Waals surface area contributed by atoms with Crippen LogP contribution in [0.15, 0.2) is 48.5 Å². The minimum atomic E-state index is -0.480. The molecule has 0 bridgehead atoms. The Labute approximate surface area is 210 Å². The van der Waals surface area contributed by atoms with Gasteiger partial charge in [-0.05, 0) is 78.0 Å². The molecule has 0 aromatic heterocycles. The molecule has 0 N–H and O–H groups in total. The van der Waals surface area contributed by atoms with Gasteiger partial charge in [-0.25, -0.2) is 4.90 Å². The van der Waals surface area contributed by atoms with Crippen molar-refractivity contribution < 1.29 is 14.4 Å². The number of carbonyl (C=O) groups is 3. The molecule has 2 saturated heterocycles. The summed E-state index contributed by atoms with van der Waals surface area (Å²) in [4.78, 5) is 42.5. The molecule has 2 aromatic rings. The fraction of sp³-hybridized carbons (Fsp3) is 0.304. The summed E-state index contributed by atoms with van der Waals surface area (Å²) in [5.41, 5.74) is 2.40. The van der Waals surface area contributed by atoms with Gasteiger partial charge in [0.2, 0.25) is 11.8 Å². The summed E-state index contributed by atoms with van der Waals surface area (Å²) in [5, 5.41) is -0.480. The van der Waals surface area contributed by atoms with Crippen LogP contribution in [-0.4, -0.2) is 58.2 Å². The van der Waals surface area contributed by atoms with E-state index in [2.05, 4.69) is 32.4 Å². The number of thioether (sulfide) groups is 1. The summed E-state index contributed by atoms with van der Waals surface area (Å²) in [6.45, 7) is 4.65. The normalized spacial score (nSPS) is 18.9. The average molecular weight is 579 g/mol. The van der Waals surface area contributed by atoms with E-state index in [1.165, 1.54) is 16.7 Å². The molecule has 0 aliphatic carbocycles. The lowest BCUT2D eigenvalue weighted by Gasteiger charge is -2.37. The highest BCUT2D eigenvalue weighted by Crippen LogP contribution is 2.32. The number of hydrogen-bond donors (Lipinski definition) is 0. The number of imide groups is 1. The predicted molar refractivity (Wildman–Crippen MR) is 140 cm³/mol. The van der Waals surface area contributed by atoms with Crippen LogP contribution in [0.2, 0.25) is 0 Å². The van der Waals surface area contributed by atoms with Gasteiger partial charge in [-0.2, -0.15) is 0 Å². The first-order chi connectivity index (χ1) is 15.3. The molecule has 4 rings (SSSR count). The van der Waals surface area contributed by atoms with E-state index >= 15 is 0 Å². The molecule has 2 heterocycles. The molecule has 2 aliphatic rings. The highest BCUT2D eigenvalue weighted by Gasteiger charge is 2.41. The third kappa shape index (κ3) is 4.99. The van der Waals surface area contributed by atoms with Gasteiger partial charge in [0.25, 0.3) is 0 Å². The molecule has 0 unspecified atom stereocenters. The molecule has 9 heteroatoms. The van der Waals surface area contributed by atoms with Crippen molar-refractivity contribution in [2.75, 3.05) is 36.0 Å². The Morgan fingerprint density at radius 3 is 2.16 bits per heavy atom. The lowest BCUT2D eigenvalue weighted by atomic mass is 10.1. The topological polar surface area (TPSA) is 60.9 Å². The van der Waals surface area contributed by atoms with Crippen LogP contribution >= 0.6 is 46.6 Å². The van der Waals surface area contributed by atoms with E-state index in [9.17, 15) is 14.4 Å². The second-order valence-corrected chi connectivity index (χ2v) is 10.8. The molecule has 2 amide bonds. The summed E-state index contributed by atoms with van der Waals surface area (Å²) >= 11 is 9.13. The zero-order valence-corrected chi connectivity index (χ0v) is 21.3. The average Bonchev–Trinajstić information content (AvgIpc) is 3.07. The number of carbonyl (C=O) groups excluding carboxylic acids is 3. The molecule has 166 valence electrons. The first kappa shape index (κ1) is 23.2. The number of ketones is 1. The van der Waals surface area contributed by atoms with Crippen LogP contribution in [0.4, 0.5) is 11.4 Å². The molecule has 1 atom stereocenters. The van der Waals surface area contributed by atoms with Crippen molar-refractivity contribution in [3.63, 3.8) is 0 Å². The van der Waals surface area contributed by atoms with Crippen LogP contribution in [0, 0.1) is 3.57 Å². The van der Waals surface area contributed by atoms with E-state index in [0.717, 1.165) is 35.4 Å². The zero-order chi connectivity index (χ0) is 22.8. The van der Waals surface area contributed by atoms with Gasteiger partial charge >= 0.3 is 0 Å². The van der Waals surface area contributed by atoms with Crippen molar-refractivity contribution in [1.29, 1.82) is 0 Å². The number of anilines is 2. The zero-order valence-electron chi connectivity index (χ0n) is 17.5. The highest BCUT2D eigenvalue weighted by atomic mass is 127. The second-order valence-electron chi connectivity index (χ2n) is 7.70. The van der Waals surface area contributed by atoms with Crippen LogP contribution in [0.25, 0.3) is 0 Å². The van der Waals surface area contributed by atoms with E-state index in [0.29, 0.717) is 15.6 Å². The molecule has 2 aromatic carbocycles. The van der Waals surface area contributed by atoms with Gasteiger partial charge in [-0.15, -0.1) is 0 Å². The van der Waals surface area contributed by atoms with E-state index in [1.54, 1.807) is 19.1 Å². The molecule has 6 nitrogen and oxygen atoms in total. The third-order valence-electron chi connectivity index (χ3n) is 5.61. The number of Topliss-reactive ketones (excluding diaryl/α,β-unsaturated/α-hetero) is 1. The molecule has 0 spiro atoms. The summed E-state index contributed by atoms with van der Waals surface area (Å²) in [7, 11) is 0. The van der Waals surface area contributed by atoms with Gasteiger partial charge < -0.3 is 9.80 Å². The van der Waals surface area contributed by atoms with Gasteiger partial charge in [0.05, 0.1) is 5.69 Å². The van der Waals surface area contributed by atoms with Gasteiger partial charge in [-0.3, -0.25) is 14.4 Å². The Morgan fingerprint density at radius 2 is 1.56 bits per heavy atom. The van der Waals surface area contributed by atoms with E-state index in [-0.39, 0.29) is 24.0 Å². The maximum Gasteiger partial charge on any atom is 0.247 e. The molecule has 32 heavy (non-hydrogen) atoms. The Balaban J connectivity index is 1.33. The Kier molecular flexibility index (Phi) is 7.16. The molecule has 0 saturated carbocycles. The lowest BCUT2D eigenvalue weighted by Crippen LogP contribution is -2.48. The number of amides is 2. The number of nitrogens with zero attached hydrogens (tertiary/aromatic N) is 3. The summed E-state index contributed by atoms with van der Waals surface area (Å²) in [6, 6.07) is 15.0. The van der Waals surface area contributed by atoms with Crippen molar-refractivity contribution in [1.82, 2.24) is 4.90 Å². The molecular weight excluding hydrogens is 557 g/mol. The van der Waals surface area contributed by atoms with Crippen molar-refractivity contribution >= 4 is 79.9 Å². The fourth-order valence-corrected chi connectivity index (χ4v) is 5.71. The number of benzene rings is 2. The van der Waals surface area contributed by atoms with Crippen LogP contribution in [0.5, 0.6) is 0 Å². The third-order valence-corrected chi connectivity index (χ3v) is 7.99. The Morgan fingerprint density at radius 1 is 0.969 bits per heavy atom. The van der Waals surface area contributed by atoms with Crippen molar-refractivity contribution in [2.45, 2.75) is 18.6 Å². The number of rotatable bonds is 4. The molecule has 2 aliphatic heterocycles. The standard InChI is InChI=1S/C23H22IN3O3S2/c1-15(28)16-2-6-18(7-3-16)25-10-12-26(13-11-25)23(31)32-20-14-21(29)27(22(20)30)19-8-4-17(24)5-9-19/h2-9,20H,10-14H2,1H3/t20-/m0/s1. The van der Waals surface area contributed by atoms with E-state index in [1.807, 2.05) is 36.4 Å². The van der Waals surface area contributed by atoms with Crippen LogP contribution in [0.3, 0.4) is 0 Å². The highest BCUT2D eigenvalue weighted by molar-refractivity contribution is 14.1. The number of halogens is 1. The largest absolute Gasteiger partial charge is 0.368 e. The maximum atomic E-state index is 12.9. The quantitative estimate of drug-likeness (QED) is 0.235. The fourth-order valence-electron chi connectivity index (χ4n) is 3.81. The van der Waals surface area contributed by atoms with E-state index < -0.39 is 5.25 Å². The van der Waals surface area contributed by atoms with Gasteiger partial charge in [0, 0.05) is 47.4 Å². The van der Waals surface area contributed by atoms with Crippen molar-refractivity contribution in [3.8, 4) is 0 Å². The van der Waals surface area contributed by atoms with Gasteiger partial charge in [0.1, 0.15) is 9.57 Å². The first-order valence-electron chi connectivity index (χ1n) is 10.3. The molecule has 0 radical (unpaired) electrons. The van der Waals surface area contributed by atoms with Crippen LogP contribution in [-0.2, 0) is 9.59 Å². The minimum absolute atomic E-state index is 0.0595.